The Balaban J connectivity index is 2.46. The Kier molecular flexibility index (Phi) is 6.51. The van der Waals surface area contributed by atoms with Gasteiger partial charge in [-0.25, -0.2) is 0 Å². The molecule has 1 unspecified atom stereocenters. The molecule has 3 nitrogen and oxygen atoms in total. The average molecular weight is 267 g/mol. The fraction of sp³-hybridized carbons (Fsp3) is 0.875. The molecular formula is C16H33N3. The predicted octanol–water partition coefficient (Wildman–Crippen LogP) is 2.35. The molecule has 1 heterocycles. The van der Waals surface area contributed by atoms with Gasteiger partial charge < -0.3 is 10.2 Å². The maximum Gasteiger partial charge on any atom is 0.0223 e. The fourth-order valence-corrected chi connectivity index (χ4v) is 2.62. The van der Waals surface area contributed by atoms with Crippen LogP contribution in [-0.2, 0) is 0 Å². The normalized spacial score (nSPS) is 23.3. The summed E-state index contributed by atoms with van der Waals surface area (Å²) in [5.74, 6) is 0. The first-order chi connectivity index (χ1) is 8.81. The second kappa shape index (κ2) is 7.41. The zero-order valence-corrected chi connectivity index (χ0v) is 13.6. The van der Waals surface area contributed by atoms with E-state index in [9.17, 15) is 0 Å². The molecule has 0 radical (unpaired) electrons. The summed E-state index contributed by atoms with van der Waals surface area (Å²) in [6.45, 7) is 18.7. The first-order valence-electron chi connectivity index (χ1n) is 7.66. The topological polar surface area (TPSA) is 18.5 Å². The Hall–Kier alpha value is -0.380. The van der Waals surface area contributed by atoms with Gasteiger partial charge in [0.05, 0.1) is 0 Å². The summed E-state index contributed by atoms with van der Waals surface area (Å²) in [4.78, 5) is 5.08. The van der Waals surface area contributed by atoms with E-state index in [1.54, 1.807) is 0 Å². The van der Waals surface area contributed by atoms with Gasteiger partial charge in [-0.1, -0.05) is 13.5 Å². The van der Waals surface area contributed by atoms with Crippen LogP contribution in [0.25, 0.3) is 0 Å². The largest absolute Gasteiger partial charge is 0.308 e. The van der Waals surface area contributed by atoms with Crippen LogP contribution in [0.5, 0.6) is 0 Å². The maximum absolute atomic E-state index is 4.25. The minimum Gasteiger partial charge on any atom is -0.308 e. The van der Waals surface area contributed by atoms with E-state index in [0.29, 0.717) is 6.04 Å². The minimum absolute atomic E-state index is 0.173. The van der Waals surface area contributed by atoms with Gasteiger partial charge in [0.2, 0.25) is 0 Å². The second-order valence-corrected chi connectivity index (χ2v) is 7.00. The molecule has 19 heavy (non-hydrogen) atoms. The Morgan fingerprint density at radius 1 is 1.32 bits per heavy atom. The summed E-state index contributed by atoms with van der Waals surface area (Å²) >= 11 is 0. The number of nitrogens with zero attached hydrogens (tertiary/aromatic N) is 2. The molecule has 0 aromatic carbocycles. The van der Waals surface area contributed by atoms with Crippen LogP contribution < -0.4 is 5.32 Å². The van der Waals surface area contributed by atoms with Crippen molar-refractivity contribution in [3.05, 3.63) is 12.2 Å². The third kappa shape index (κ3) is 6.55. The molecule has 0 spiro atoms. The maximum atomic E-state index is 4.25. The lowest BCUT2D eigenvalue weighted by Gasteiger charge is -2.31. The predicted molar refractivity (Wildman–Crippen MR) is 84.7 cm³/mol. The van der Waals surface area contributed by atoms with Crippen molar-refractivity contribution < 1.29 is 0 Å². The SMILES string of the molecule is C=C(CNC(C)(C)C)CN1CCCN(C)CC1CC. The van der Waals surface area contributed by atoms with Gasteiger partial charge in [0.1, 0.15) is 0 Å². The molecule has 0 aromatic heterocycles. The van der Waals surface area contributed by atoms with E-state index in [1.807, 2.05) is 0 Å². The summed E-state index contributed by atoms with van der Waals surface area (Å²) in [5, 5.41) is 3.53. The van der Waals surface area contributed by atoms with Gasteiger partial charge in [-0.05, 0) is 52.8 Å². The van der Waals surface area contributed by atoms with E-state index >= 15 is 0 Å². The van der Waals surface area contributed by atoms with E-state index in [4.69, 9.17) is 0 Å². The number of nitrogens with one attached hydrogen (secondary N) is 1. The monoisotopic (exact) mass is 267 g/mol. The molecule has 0 amide bonds. The van der Waals surface area contributed by atoms with Crippen molar-refractivity contribution in [1.82, 2.24) is 15.1 Å². The molecule has 0 saturated carbocycles. The van der Waals surface area contributed by atoms with Gasteiger partial charge in [0.25, 0.3) is 0 Å². The smallest absolute Gasteiger partial charge is 0.0223 e. The van der Waals surface area contributed by atoms with Crippen LogP contribution in [0.1, 0.15) is 40.5 Å². The first-order valence-corrected chi connectivity index (χ1v) is 7.66. The van der Waals surface area contributed by atoms with Crippen LogP contribution in [0.3, 0.4) is 0 Å². The molecule has 1 saturated heterocycles. The molecule has 3 heteroatoms. The molecule has 1 N–H and O–H groups in total. The van der Waals surface area contributed by atoms with Gasteiger partial charge in [0, 0.05) is 37.8 Å². The summed E-state index contributed by atoms with van der Waals surface area (Å²) in [7, 11) is 2.24. The summed E-state index contributed by atoms with van der Waals surface area (Å²) in [6.07, 6.45) is 2.50. The highest BCUT2D eigenvalue weighted by Gasteiger charge is 2.22. The minimum atomic E-state index is 0.173. The van der Waals surface area contributed by atoms with Crippen LogP contribution in [0.2, 0.25) is 0 Å². The molecule has 1 aliphatic heterocycles. The Morgan fingerprint density at radius 2 is 2.00 bits per heavy atom. The number of hydrogen-bond donors (Lipinski definition) is 1. The highest BCUT2D eigenvalue weighted by molar-refractivity contribution is 5.02. The molecule has 112 valence electrons. The third-order valence-corrected chi connectivity index (χ3v) is 3.79. The lowest BCUT2D eigenvalue weighted by atomic mass is 10.1. The average Bonchev–Trinajstić information content (AvgIpc) is 2.48. The van der Waals surface area contributed by atoms with Crippen LogP contribution in [0.15, 0.2) is 12.2 Å². The first kappa shape index (κ1) is 16.7. The summed E-state index contributed by atoms with van der Waals surface area (Å²) < 4.78 is 0. The van der Waals surface area contributed by atoms with Crippen molar-refractivity contribution in [3.63, 3.8) is 0 Å². The van der Waals surface area contributed by atoms with Crippen molar-refractivity contribution in [3.8, 4) is 0 Å². The standard InChI is InChI=1S/C16H33N3/c1-7-15-13-18(6)9-8-10-19(15)12-14(2)11-17-16(3,4)5/h15,17H,2,7-13H2,1,3-6H3. The van der Waals surface area contributed by atoms with Crippen molar-refractivity contribution >= 4 is 0 Å². The van der Waals surface area contributed by atoms with Crippen molar-refractivity contribution in [2.45, 2.75) is 52.1 Å². The van der Waals surface area contributed by atoms with Crippen LogP contribution in [0, 0.1) is 0 Å². The van der Waals surface area contributed by atoms with E-state index in [-0.39, 0.29) is 5.54 Å². The van der Waals surface area contributed by atoms with Crippen LogP contribution in [-0.4, -0.2) is 61.2 Å². The van der Waals surface area contributed by atoms with Crippen molar-refractivity contribution in [1.29, 1.82) is 0 Å². The molecule has 1 aliphatic rings. The van der Waals surface area contributed by atoms with Gasteiger partial charge in [0.15, 0.2) is 0 Å². The summed E-state index contributed by atoms with van der Waals surface area (Å²) in [5.41, 5.74) is 1.48. The fourth-order valence-electron chi connectivity index (χ4n) is 2.62. The van der Waals surface area contributed by atoms with Gasteiger partial charge in [-0.15, -0.1) is 0 Å². The quantitative estimate of drug-likeness (QED) is 0.772. The third-order valence-electron chi connectivity index (χ3n) is 3.79. The Morgan fingerprint density at radius 3 is 2.58 bits per heavy atom. The van der Waals surface area contributed by atoms with Crippen LogP contribution >= 0.6 is 0 Å². The molecule has 0 aromatic rings. The molecule has 0 aliphatic carbocycles. The number of rotatable bonds is 5. The van der Waals surface area contributed by atoms with Crippen LogP contribution in [0.4, 0.5) is 0 Å². The number of likely N-dealkylation sites (N-methyl/N-ethyl adjacent to an activating group) is 1. The molecule has 1 rings (SSSR count). The zero-order chi connectivity index (χ0) is 14.5. The van der Waals surface area contributed by atoms with Crippen molar-refractivity contribution in [2.24, 2.45) is 0 Å². The molecular weight excluding hydrogens is 234 g/mol. The van der Waals surface area contributed by atoms with Crippen molar-refractivity contribution in [2.75, 3.05) is 39.8 Å². The lowest BCUT2D eigenvalue weighted by molar-refractivity contribution is 0.196. The molecule has 1 fully saturated rings. The van der Waals surface area contributed by atoms with Gasteiger partial charge in [-0.2, -0.15) is 0 Å². The second-order valence-electron chi connectivity index (χ2n) is 7.00. The molecule has 0 bridgehead atoms. The lowest BCUT2D eigenvalue weighted by Crippen LogP contribution is -2.43. The van der Waals surface area contributed by atoms with Gasteiger partial charge >= 0.3 is 0 Å². The van der Waals surface area contributed by atoms with E-state index < -0.39 is 0 Å². The highest BCUT2D eigenvalue weighted by atomic mass is 15.2. The van der Waals surface area contributed by atoms with E-state index in [0.717, 1.165) is 13.1 Å². The number of hydrogen-bond acceptors (Lipinski definition) is 3. The molecule has 1 atom stereocenters. The highest BCUT2D eigenvalue weighted by Crippen LogP contribution is 2.13. The Labute approximate surface area is 120 Å². The van der Waals surface area contributed by atoms with E-state index in [1.165, 1.54) is 38.0 Å². The summed E-state index contributed by atoms with van der Waals surface area (Å²) in [6, 6.07) is 0.680. The van der Waals surface area contributed by atoms with Gasteiger partial charge in [-0.3, -0.25) is 4.90 Å². The van der Waals surface area contributed by atoms with E-state index in [2.05, 4.69) is 56.4 Å². The Bertz CT molecular complexity index is 280. The zero-order valence-electron chi connectivity index (χ0n) is 13.6.